The van der Waals surface area contributed by atoms with Crippen LogP contribution in [0.1, 0.15) is 11.3 Å². The van der Waals surface area contributed by atoms with Crippen molar-refractivity contribution in [3.05, 3.63) is 90.9 Å². The zero-order chi connectivity index (χ0) is 19.3. The molecule has 9 heteroatoms. The first-order chi connectivity index (χ1) is 13.7. The predicted molar refractivity (Wildman–Crippen MR) is 104 cm³/mol. The van der Waals surface area contributed by atoms with E-state index in [2.05, 4.69) is 42.7 Å². The van der Waals surface area contributed by atoms with E-state index < -0.39 is 0 Å². The van der Waals surface area contributed by atoms with Crippen LogP contribution in [0.4, 0.5) is 0 Å². The maximum absolute atomic E-state index is 8.52. The van der Waals surface area contributed by atoms with Gasteiger partial charge in [0.05, 0.1) is 6.54 Å². The van der Waals surface area contributed by atoms with Crippen LogP contribution in [-0.2, 0) is 41.2 Å². The Kier molecular flexibility index (Phi) is 6.67. The van der Waals surface area contributed by atoms with Crippen molar-refractivity contribution in [2.24, 2.45) is 7.05 Å². The summed E-state index contributed by atoms with van der Waals surface area (Å²) >= 11 is 0. The third kappa shape index (κ3) is 4.84. The van der Waals surface area contributed by atoms with Gasteiger partial charge in [-0.25, -0.2) is 11.1 Å². The minimum atomic E-state index is 0. The molecule has 0 amide bonds. The van der Waals surface area contributed by atoms with Gasteiger partial charge < -0.3 is 14.3 Å². The van der Waals surface area contributed by atoms with Gasteiger partial charge in [-0.15, -0.1) is 6.07 Å². The van der Waals surface area contributed by atoms with Crippen LogP contribution < -0.4 is 0 Å². The number of rotatable bonds is 4. The molecule has 0 atom stereocenters. The van der Waals surface area contributed by atoms with Gasteiger partial charge >= 0.3 is 0 Å². The second-order valence-electron chi connectivity index (χ2n) is 6.23. The quantitative estimate of drug-likeness (QED) is 0.338. The van der Waals surface area contributed by atoms with Gasteiger partial charge in [-0.3, -0.25) is 9.36 Å². The van der Waals surface area contributed by atoms with Crippen molar-refractivity contribution in [2.45, 2.75) is 13.1 Å². The van der Waals surface area contributed by atoms with Crippen LogP contribution in [0.3, 0.4) is 0 Å². The first-order valence-corrected chi connectivity index (χ1v) is 8.82. The molecule has 5 aromatic rings. The molecule has 5 rings (SSSR count). The molecule has 0 aromatic carbocycles. The summed E-state index contributed by atoms with van der Waals surface area (Å²) in [5.41, 5.74) is 3.39. The molecule has 29 heavy (non-hydrogen) atoms. The monoisotopic (exact) mass is 569 g/mol. The predicted octanol–water partition coefficient (Wildman–Crippen LogP) is 2.35. The summed E-state index contributed by atoms with van der Waals surface area (Å²) in [5.74, 6) is 0.0718. The minimum absolute atomic E-state index is 0. The fourth-order valence-electron chi connectivity index (χ4n) is 3.03. The van der Waals surface area contributed by atoms with Crippen molar-refractivity contribution < 1.29 is 26.2 Å². The van der Waals surface area contributed by atoms with E-state index in [-0.39, 0.29) is 26.9 Å². The molecule has 5 aromatic heterocycles. The Morgan fingerprint density at radius 1 is 0.897 bits per heavy atom. The molecule has 0 saturated carbocycles. The second-order valence-corrected chi connectivity index (χ2v) is 6.23. The van der Waals surface area contributed by atoms with E-state index in [0.717, 1.165) is 23.3 Å². The van der Waals surface area contributed by atoms with Gasteiger partial charge in [0.25, 0.3) is 0 Å². The Morgan fingerprint density at radius 2 is 1.62 bits per heavy atom. The Hall–Kier alpha value is -3.12. The van der Waals surface area contributed by atoms with Gasteiger partial charge in [0, 0.05) is 77.9 Å². The van der Waals surface area contributed by atoms with Crippen LogP contribution in [0.25, 0.3) is 5.52 Å². The fourth-order valence-corrected chi connectivity index (χ4v) is 3.03. The van der Waals surface area contributed by atoms with E-state index >= 15 is 0 Å². The van der Waals surface area contributed by atoms with Crippen LogP contribution in [0, 0.1) is 6.07 Å². The SMILES string of the molecule is Cn1ccc2c(Cn3cccn3)[c-]c(Cn3cccn3)n21.Oc1ccccn1.[Pt]. The third-order valence-electron chi connectivity index (χ3n) is 4.25. The van der Waals surface area contributed by atoms with Crippen molar-refractivity contribution in [3.8, 4) is 5.88 Å². The number of aromatic nitrogens is 7. The largest absolute Gasteiger partial charge is 0.493 e. The maximum atomic E-state index is 8.52. The molecule has 1 N–H and O–H groups in total. The van der Waals surface area contributed by atoms with E-state index in [4.69, 9.17) is 5.11 Å². The van der Waals surface area contributed by atoms with Crippen LogP contribution in [0.2, 0.25) is 0 Å². The second kappa shape index (κ2) is 9.38. The normalized spacial score (nSPS) is 10.4. The van der Waals surface area contributed by atoms with Gasteiger partial charge in [0.2, 0.25) is 5.88 Å². The number of aryl methyl sites for hydroxylation is 1. The number of hydrogen-bond donors (Lipinski definition) is 1. The molecule has 0 unspecified atom stereocenters. The molecular formula is C20H20N7OPt-. The first kappa shape index (κ1) is 20.6. The molecule has 152 valence electrons. The molecule has 0 saturated heterocycles. The number of hydrogen-bond acceptors (Lipinski definition) is 4. The molecule has 0 aliphatic heterocycles. The number of fused-ring (bicyclic) bond motifs is 1. The summed E-state index contributed by atoms with van der Waals surface area (Å²) in [7, 11) is 2.03. The molecule has 8 nitrogen and oxygen atoms in total. The van der Waals surface area contributed by atoms with E-state index in [1.54, 1.807) is 24.5 Å². The molecule has 0 bridgehead atoms. The smallest absolute Gasteiger partial charge is 0.210 e. The van der Waals surface area contributed by atoms with Crippen molar-refractivity contribution in [3.63, 3.8) is 0 Å². The standard InChI is InChI=1S/C15H15N6.C5H5NO.Pt/c1-18-9-4-15-13(11-19-7-2-5-16-19)10-14(21(15)18)12-20-8-3-6-17-20;7-5-3-1-2-4-6-5;/h2-9H,11-12H2,1H3;1-4H,(H,6,7);/q-1;;. The van der Waals surface area contributed by atoms with E-state index in [1.807, 2.05) is 40.9 Å². The Morgan fingerprint density at radius 3 is 2.17 bits per heavy atom. The first-order valence-electron chi connectivity index (χ1n) is 8.82. The van der Waals surface area contributed by atoms with Crippen molar-refractivity contribution >= 4 is 5.52 Å². The number of aromatic hydroxyl groups is 1. The summed E-state index contributed by atoms with van der Waals surface area (Å²) in [4.78, 5) is 3.53. The van der Waals surface area contributed by atoms with E-state index in [1.165, 1.54) is 12.3 Å². The van der Waals surface area contributed by atoms with E-state index in [9.17, 15) is 0 Å². The molecule has 0 aliphatic carbocycles. The summed E-state index contributed by atoms with van der Waals surface area (Å²) in [6, 6.07) is 14.5. The van der Waals surface area contributed by atoms with Gasteiger partial charge in [-0.1, -0.05) is 11.6 Å². The van der Waals surface area contributed by atoms with Gasteiger partial charge in [0.1, 0.15) is 0 Å². The van der Waals surface area contributed by atoms with Crippen molar-refractivity contribution in [1.29, 1.82) is 0 Å². The van der Waals surface area contributed by atoms with Crippen LogP contribution in [-0.4, -0.2) is 38.8 Å². The molecule has 5 heterocycles. The van der Waals surface area contributed by atoms with E-state index in [0.29, 0.717) is 6.54 Å². The minimum Gasteiger partial charge on any atom is -0.493 e. The summed E-state index contributed by atoms with van der Waals surface area (Å²) in [6.07, 6.45) is 11.1. The van der Waals surface area contributed by atoms with Crippen LogP contribution in [0.15, 0.2) is 73.6 Å². The van der Waals surface area contributed by atoms with Crippen LogP contribution in [0.5, 0.6) is 5.88 Å². The third-order valence-corrected chi connectivity index (χ3v) is 4.25. The molecule has 0 aliphatic rings. The topological polar surface area (TPSA) is 78.1 Å². The molecule has 0 spiro atoms. The maximum Gasteiger partial charge on any atom is 0.210 e. The zero-order valence-corrected chi connectivity index (χ0v) is 18.0. The summed E-state index contributed by atoms with van der Waals surface area (Å²) in [5, 5.41) is 17.1. The summed E-state index contributed by atoms with van der Waals surface area (Å²) in [6.45, 7) is 1.42. The molecule has 0 fully saturated rings. The summed E-state index contributed by atoms with van der Waals surface area (Å²) < 4.78 is 8.05. The number of nitrogens with zero attached hydrogens (tertiary/aromatic N) is 7. The molecular weight excluding hydrogens is 549 g/mol. The average Bonchev–Trinajstić information content (AvgIpc) is 3.47. The van der Waals surface area contributed by atoms with Gasteiger partial charge in [-0.05, 0) is 23.9 Å². The Labute approximate surface area is 182 Å². The van der Waals surface area contributed by atoms with Crippen molar-refractivity contribution in [2.75, 3.05) is 0 Å². The zero-order valence-electron chi connectivity index (χ0n) is 15.7. The van der Waals surface area contributed by atoms with Gasteiger partial charge in [-0.2, -0.15) is 15.8 Å². The van der Waals surface area contributed by atoms with Crippen LogP contribution >= 0.6 is 0 Å². The Bertz CT molecular complexity index is 1130. The van der Waals surface area contributed by atoms with Gasteiger partial charge in [0.15, 0.2) is 0 Å². The Balaban J connectivity index is 0.000000257. The number of pyridine rings is 1. The molecule has 0 radical (unpaired) electrons. The van der Waals surface area contributed by atoms with Crippen molar-refractivity contribution in [1.82, 2.24) is 33.7 Å². The average molecular weight is 570 g/mol. The fraction of sp³-hybridized carbons (Fsp3) is 0.150.